The first-order valence-electron chi connectivity index (χ1n) is 10.3. The predicted octanol–water partition coefficient (Wildman–Crippen LogP) is 3.61. The van der Waals surface area contributed by atoms with Gasteiger partial charge in [0.1, 0.15) is 0 Å². The average molecular weight is 430 g/mol. The van der Waals surface area contributed by atoms with E-state index >= 15 is 0 Å². The minimum atomic E-state index is -3.47. The number of ether oxygens (including phenoxy) is 1. The molecule has 1 aliphatic heterocycles. The van der Waals surface area contributed by atoms with Crippen molar-refractivity contribution < 1.29 is 22.7 Å². The summed E-state index contributed by atoms with van der Waals surface area (Å²) in [6.07, 6.45) is 4.47. The number of carbonyl (C=O) groups excluding carboxylic acids is 2. The third kappa shape index (κ3) is 6.00. The van der Waals surface area contributed by atoms with Crippen molar-refractivity contribution in [2.75, 3.05) is 19.7 Å². The van der Waals surface area contributed by atoms with E-state index in [1.165, 1.54) is 0 Å². The Labute approximate surface area is 177 Å². The van der Waals surface area contributed by atoms with Crippen LogP contribution in [0.3, 0.4) is 0 Å². The van der Waals surface area contributed by atoms with Crippen LogP contribution in [0.1, 0.15) is 48.0 Å². The molecule has 0 aliphatic carbocycles. The van der Waals surface area contributed by atoms with Crippen molar-refractivity contribution in [1.29, 1.82) is 0 Å². The van der Waals surface area contributed by atoms with Gasteiger partial charge in [-0.3, -0.25) is 9.59 Å². The van der Waals surface area contributed by atoms with Crippen molar-refractivity contribution in [3.63, 3.8) is 0 Å². The van der Waals surface area contributed by atoms with Crippen molar-refractivity contribution in [3.8, 4) is 0 Å². The molecule has 2 aromatic carbocycles. The molecule has 0 spiro atoms. The molecule has 0 atom stereocenters. The molecular weight excluding hydrogens is 402 g/mol. The lowest BCUT2D eigenvalue weighted by molar-refractivity contribution is -0.142. The van der Waals surface area contributed by atoms with Gasteiger partial charge in [0.2, 0.25) is 10.0 Å². The molecule has 7 heteroatoms. The molecule has 0 unspecified atom stereocenters. The largest absolute Gasteiger partial charge is 0.457 e. The Bertz CT molecular complexity index is 947. The maximum absolute atomic E-state index is 12.8. The van der Waals surface area contributed by atoms with Crippen LogP contribution in [0.2, 0.25) is 0 Å². The normalized spacial score (nSPS) is 15.3. The van der Waals surface area contributed by atoms with Crippen LogP contribution in [0.4, 0.5) is 0 Å². The van der Waals surface area contributed by atoms with Gasteiger partial charge in [0.15, 0.2) is 12.4 Å². The second-order valence-corrected chi connectivity index (χ2v) is 9.35. The van der Waals surface area contributed by atoms with Crippen LogP contribution in [-0.4, -0.2) is 44.2 Å². The van der Waals surface area contributed by atoms with Gasteiger partial charge in [-0.05, 0) is 37.0 Å². The van der Waals surface area contributed by atoms with E-state index in [1.54, 1.807) is 52.8 Å². The van der Waals surface area contributed by atoms with E-state index in [1.807, 2.05) is 6.07 Å². The van der Waals surface area contributed by atoms with Gasteiger partial charge < -0.3 is 4.74 Å². The molecule has 0 amide bonds. The van der Waals surface area contributed by atoms with Crippen LogP contribution < -0.4 is 0 Å². The van der Waals surface area contributed by atoms with Crippen molar-refractivity contribution in [2.24, 2.45) is 0 Å². The van der Waals surface area contributed by atoms with Crippen LogP contribution in [0.5, 0.6) is 0 Å². The summed E-state index contributed by atoms with van der Waals surface area (Å²) >= 11 is 0. The van der Waals surface area contributed by atoms with Crippen LogP contribution in [0, 0.1) is 0 Å². The van der Waals surface area contributed by atoms with E-state index in [9.17, 15) is 18.0 Å². The molecule has 1 saturated heterocycles. The lowest BCUT2D eigenvalue weighted by Gasteiger charge is -2.20. The zero-order valence-corrected chi connectivity index (χ0v) is 17.8. The summed E-state index contributed by atoms with van der Waals surface area (Å²) in [6, 6.07) is 15.3. The highest BCUT2D eigenvalue weighted by molar-refractivity contribution is 7.89. The SMILES string of the molecule is O=C(CCc1ccc(S(=O)(=O)N2CCCCCC2)cc1)OCC(=O)c1ccccc1. The summed E-state index contributed by atoms with van der Waals surface area (Å²) in [4.78, 5) is 24.2. The Hall–Kier alpha value is -2.51. The van der Waals surface area contributed by atoms with Gasteiger partial charge in [-0.15, -0.1) is 0 Å². The second kappa shape index (κ2) is 10.5. The average Bonchev–Trinajstić information content (AvgIpc) is 3.07. The Morgan fingerprint density at radius 2 is 1.50 bits per heavy atom. The third-order valence-corrected chi connectivity index (χ3v) is 7.12. The molecule has 0 saturated carbocycles. The Morgan fingerprint density at radius 1 is 0.867 bits per heavy atom. The fourth-order valence-corrected chi connectivity index (χ4v) is 4.95. The second-order valence-electron chi connectivity index (χ2n) is 7.41. The number of esters is 1. The quantitative estimate of drug-likeness (QED) is 0.473. The molecule has 0 N–H and O–H groups in total. The number of aryl methyl sites for hydroxylation is 1. The van der Waals surface area contributed by atoms with E-state index in [4.69, 9.17) is 4.74 Å². The summed E-state index contributed by atoms with van der Waals surface area (Å²) in [5.41, 5.74) is 1.35. The lowest BCUT2D eigenvalue weighted by Crippen LogP contribution is -2.31. The molecule has 30 heavy (non-hydrogen) atoms. The highest BCUT2D eigenvalue weighted by atomic mass is 32.2. The summed E-state index contributed by atoms with van der Waals surface area (Å²) in [5, 5.41) is 0. The van der Waals surface area contributed by atoms with Crippen LogP contribution in [-0.2, 0) is 26.0 Å². The minimum absolute atomic E-state index is 0.125. The number of hydrogen-bond acceptors (Lipinski definition) is 5. The number of rotatable bonds is 8. The number of nitrogens with zero attached hydrogens (tertiary/aromatic N) is 1. The van der Waals surface area contributed by atoms with E-state index in [-0.39, 0.29) is 23.7 Å². The number of carbonyl (C=O) groups is 2. The molecule has 0 aromatic heterocycles. The molecule has 1 fully saturated rings. The summed E-state index contributed by atoms with van der Waals surface area (Å²) in [7, 11) is -3.47. The molecule has 0 radical (unpaired) electrons. The van der Waals surface area contributed by atoms with Gasteiger partial charge in [0.25, 0.3) is 0 Å². The number of benzene rings is 2. The molecule has 3 rings (SSSR count). The van der Waals surface area contributed by atoms with Crippen LogP contribution in [0.25, 0.3) is 0 Å². The fourth-order valence-electron chi connectivity index (χ4n) is 3.43. The zero-order valence-electron chi connectivity index (χ0n) is 17.0. The number of Topliss-reactive ketones (excluding diaryl/α,β-unsaturated/α-hetero) is 1. The third-order valence-electron chi connectivity index (χ3n) is 5.20. The van der Waals surface area contributed by atoms with Gasteiger partial charge >= 0.3 is 5.97 Å². The van der Waals surface area contributed by atoms with Crippen molar-refractivity contribution in [2.45, 2.75) is 43.4 Å². The standard InChI is InChI=1S/C23H27NO5S/c25-22(20-8-4-3-5-9-20)18-29-23(26)15-12-19-10-13-21(14-11-19)30(27,28)24-16-6-1-2-7-17-24/h3-5,8-11,13-14H,1-2,6-7,12,15-18H2. The van der Waals surface area contributed by atoms with Gasteiger partial charge in [0, 0.05) is 25.1 Å². The summed E-state index contributed by atoms with van der Waals surface area (Å²) < 4.78 is 32.2. The van der Waals surface area contributed by atoms with Gasteiger partial charge in [0.05, 0.1) is 4.90 Å². The van der Waals surface area contributed by atoms with Gasteiger partial charge in [-0.25, -0.2) is 8.42 Å². The topological polar surface area (TPSA) is 80.8 Å². The first kappa shape index (κ1) is 22.2. The zero-order chi connectivity index (χ0) is 21.4. The first-order chi connectivity index (χ1) is 14.5. The molecular formula is C23H27NO5S. The van der Waals surface area contributed by atoms with E-state index < -0.39 is 16.0 Å². The van der Waals surface area contributed by atoms with Crippen LogP contribution in [0.15, 0.2) is 59.5 Å². The Kier molecular flexibility index (Phi) is 7.76. The van der Waals surface area contributed by atoms with Gasteiger partial charge in [-0.1, -0.05) is 55.3 Å². The Morgan fingerprint density at radius 3 is 2.13 bits per heavy atom. The highest BCUT2D eigenvalue weighted by Gasteiger charge is 2.24. The first-order valence-corrected chi connectivity index (χ1v) is 11.7. The molecule has 2 aromatic rings. The molecule has 1 aliphatic rings. The molecule has 1 heterocycles. The summed E-state index contributed by atoms with van der Waals surface area (Å²) in [5.74, 6) is -0.701. The maximum Gasteiger partial charge on any atom is 0.306 e. The van der Waals surface area contributed by atoms with Gasteiger partial charge in [-0.2, -0.15) is 4.31 Å². The summed E-state index contributed by atoms with van der Waals surface area (Å²) in [6.45, 7) is 0.852. The molecule has 160 valence electrons. The lowest BCUT2D eigenvalue weighted by atomic mass is 10.1. The van der Waals surface area contributed by atoms with Crippen molar-refractivity contribution in [1.82, 2.24) is 4.31 Å². The Balaban J connectivity index is 1.49. The monoisotopic (exact) mass is 429 g/mol. The number of hydrogen-bond donors (Lipinski definition) is 0. The maximum atomic E-state index is 12.8. The van der Waals surface area contributed by atoms with Crippen molar-refractivity contribution >= 4 is 21.8 Å². The van der Waals surface area contributed by atoms with E-state index in [2.05, 4.69) is 0 Å². The predicted molar refractivity (Wildman–Crippen MR) is 114 cm³/mol. The number of sulfonamides is 1. The van der Waals surface area contributed by atoms with Crippen molar-refractivity contribution in [3.05, 3.63) is 65.7 Å². The van der Waals surface area contributed by atoms with E-state index in [0.717, 1.165) is 31.2 Å². The van der Waals surface area contributed by atoms with E-state index in [0.29, 0.717) is 25.1 Å². The minimum Gasteiger partial charge on any atom is -0.457 e. The smallest absolute Gasteiger partial charge is 0.306 e. The number of ketones is 1. The highest BCUT2D eigenvalue weighted by Crippen LogP contribution is 2.21. The van der Waals surface area contributed by atoms with Crippen LogP contribution >= 0.6 is 0 Å². The fraction of sp³-hybridized carbons (Fsp3) is 0.391. The molecule has 0 bridgehead atoms. The molecule has 6 nitrogen and oxygen atoms in total.